The lowest BCUT2D eigenvalue weighted by molar-refractivity contribution is -0.138. The van der Waals surface area contributed by atoms with E-state index >= 15 is 0 Å². The Hall–Kier alpha value is -3.18. The van der Waals surface area contributed by atoms with Crippen LogP contribution in [0.25, 0.3) is 11.3 Å². The van der Waals surface area contributed by atoms with Crippen molar-refractivity contribution in [3.05, 3.63) is 87.6 Å². The number of hydrogen-bond donors (Lipinski definition) is 2. The maximum absolute atomic E-state index is 11.8. The SMILES string of the molecule is CC(Cc1ccc(Cc2cc(-c3cccc(Cl)c3)nc3c2CCC3)cc1)(C(N)=O)C(N)=O. The molecule has 1 heterocycles. The van der Waals surface area contributed by atoms with E-state index in [1.165, 1.54) is 23.7 Å². The van der Waals surface area contributed by atoms with Crippen molar-refractivity contribution in [2.75, 3.05) is 0 Å². The average molecular weight is 448 g/mol. The van der Waals surface area contributed by atoms with Gasteiger partial charge in [-0.3, -0.25) is 14.6 Å². The number of carbonyl (C=O) groups is 2. The molecular weight excluding hydrogens is 422 g/mol. The van der Waals surface area contributed by atoms with Crippen LogP contribution in [0.3, 0.4) is 0 Å². The molecule has 2 amide bonds. The molecular formula is C26H26ClN3O2. The van der Waals surface area contributed by atoms with Crippen LogP contribution in [0.15, 0.2) is 54.6 Å². The topological polar surface area (TPSA) is 99.1 Å². The Balaban J connectivity index is 1.61. The molecule has 0 saturated heterocycles. The lowest BCUT2D eigenvalue weighted by Crippen LogP contribution is -2.46. The summed E-state index contributed by atoms with van der Waals surface area (Å²) < 4.78 is 0. The summed E-state index contributed by atoms with van der Waals surface area (Å²) in [4.78, 5) is 28.4. The van der Waals surface area contributed by atoms with Crippen molar-refractivity contribution in [3.63, 3.8) is 0 Å². The van der Waals surface area contributed by atoms with Gasteiger partial charge >= 0.3 is 0 Å². The Morgan fingerprint density at radius 1 is 1.00 bits per heavy atom. The van der Waals surface area contributed by atoms with Gasteiger partial charge in [0.25, 0.3) is 0 Å². The lowest BCUT2D eigenvalue weighted by Gasteiger charge is -2.22. The van der Waals surface area contributed by atoms with Gasteiger partial charge in [-0.05, 0) is 79.5 Å². The summed E-state index contributed by atoms with van der Waals surface area (Å²) in [5.74, 6) is -1.43. The highest BCUT2D eigenvalue weighted by atomic mass is 35.5. The first-order valence-corrected chi connectivity index (χ1v) is 11.1. The fourth-order valence-electron chi connectivity index (χ4n) is 4.28. The number of benzene rings is 2. The van der Waals surface area contributed by atoms with Gasteiger partial charge in [0, 0.05) is 16.3 Å². The van der Waals surface area contributed by atoms with Crippen LogP contribution in [0.4, 0.5) is 0 Å². The number of nitrogens with two attached hydrogens (primary N) is 2. The fourth-order valence-corrected chi connectivity index (χ4v) is 4.47. The molecule has 1 aromatic heterocycles. The van der Waals surface area contributed by atoms with Crippen molar-refractivity contribution in [1.82, 2.24) is 4.98 Å². The van der Waals surface area contributed by atoms with Crippen LogP contribution in [0.1, 0.15) is 41.3 Å². The Morgan fingerprint density at radius 2 is 1.69 bits per heavy atom. The van der Waals surface area contributed by atoms with Crippen LogP contribution < -0.4 is 11.5 Å². The molecule has 1 aliphatic carbocycles. The monoisotopic (exact) mass is 447 g/mol. The summed E-state index contributed by atoms with van der Waals surface area (Å²) in [6, 6.07) is 17.9. The predicted octanol–water partition coefficient (Wildman–Crippen LogP) is 4.00. The largest absolute Gasteiger partial charge is 0.369 e. The first-order chi connectivity index (χ1) is 15.3. The van der Waals surface area contributed by atoms with Gasteiger partial charge in [-0.2, -0.15) is 0 Å². The van der Waals surface area contributed by atoms with Crippen molar-refractivity contribution >= 4 is 23.4 Å². The normalized spacial score (nSPS) is 13.1. The first kappa shape index (κ1) is 22.0. The van der Waals surface area contributed by atoms with Crippen LogP contribution in [-0.2, 0) is 35.3 Å². The third-order valence-corrected chi connectivity index (χ3v) is 6.56. The minimum atomic E-state index is -1.40. The Kier molecular flexibility index (Phi) is 6.02. The molecule has 0 radical (unpaired) electrons. The number of aryl methyl sites for hydroxylation is 1. The van der Waals surface area contributed by atoms with E-state index in [1.807, 2.05) is 48.5 Å². The van der Waals surface area contributed by atoms with E-state index in [1.54, 1.807) is 0 Å². The molecule has 0 bridgehead atoms. The van der Waals surface area contributed by atoms with Gasteiger partial charge in [-0.15, -0.1) is 0 Å². The molecule has 4 N–H and O–H groups in total. The molecule has 5 nitrogen and oxygen atoms in total. The summed E-state index contributed by atoms with van der Waals surface area (Å²) in [6.07, 6.45) is 4.12. The Labute approximate surface area is 192 Å². The average Bonchev–Trinajstić information content (AvgIpc) is 3.24. The number of pyridine rings is 1. The van der Waals surface area contributed by atoms with Gasteiger partial charge in [0.1, 0.15) is 5.41 Å². The molecule has 164 valence electrons. The van der Waals surface area contributed by atoms with E-state index in [2.05, 4.69) is 6.07 Å². The van der Waals surface area contributed by atoms with Gasteiger partial charge in [-0.25, -0.2) is 0 Å². The molecule has 6 heteroatoms. The van der Waals surface area contributed by atoms with E-state index in [0.29, 0.717) is 5.02 Å². The quantitative estimate of drug-likeness (QED) is 0.535. The van der Waals surface area contributed by atoms with Crippen molar-refractivity contribution in [3.8, 4) is 11.3 Å². The number of halogens is 1. The summed E-state index contributed by atoms with van der Waals surface area (Å²) in [7, 11) is 0. The lowest BCUT2D eigenvalue weighted by atomic mass is 9.82. The summed E-state index contributed by atoms with van der Waals surface area (Å²) in [5, 5.41) is 0.695. The van der Waals surface area contributed by atoms with Crippen LogP contribution in [0.2, 0.25) is 5.02 Å². The number of amides is 2. The van der Waals surface area contributed by atoms with E-state index in [9.17, 15) is 9.59 Å². The molecule has 4 rings (SSSR count). The molecule has 0 fully saturated rings. The van der Waals surface area contributed by atoms with Crippen molar-refractivity contribution in [2.24, 2.45) is 16.9 Å². The highest BCUT2D eigenvalue weighted by Gasteiger charge is 2.37. The van der Waals surface area contributed by atoms with Crippen molar-refractivity contribution in [2.45, 2.75) is 39.0 Å². The third kappa shape index (κ3) is 4.39. The Bertz CT molecular complexity index is 1170. The number of carbonyl (C=O) groups excluding carboxylic acids is 2. The van der Waals surface area contributed by atoms with Gasteiger partial charge in [0.05, 0.1) is 5.69 Å². The minimum Gasteiger partial charge on any atom is -0.369 e. The molecule has 1 aliphatic rings. The molecule has 0 aliphatic heterocycles. The smallest absolute Gasteiger partial charge is 0.233 e. The number of hydrogen-bond acceptors (Lipinski definition) is 3. The molecule has 0 atom stereocenters. The minimum absolute atomic E-state index is 0.182. The third-order valence-electron chi connectivity index (χ3n) is 6.33. The second kappa shape index (κ2) is 8.75. The predicted molar refractivity (Wildman–Crippen MR) is 126 cm³/mol. The zero-order valence-corrected chi connectivity index (χ0v) is 18.8. The van der Waals surface area contributed by atoms with Gasteiger partial charge in [0.2, 0.25) is 11.8 Å². The van der Waals surface area contributed by atoms with Crippen molar-refractivity contribution < 1.29 is 9.59 Å². The number of rotatable bonds is 7. The van der Waals surface area contributed by atoms with Crippen LogP contribution in [0, 0.1) is 5.41 Å². The zero-order valence-electron chi connectivity index (χ0n) is 18.0. The molecule has 2 aromatic carbocycles. The number of fused-ring (bicyclic) bond motifs is 1. The van der Waals surface area contributed by atoms with Crippen LogP contribution in [0.5, 0.6) is 0 Å². The highest BCUT2D eigenvalue weighted by molar-refractivity contribution is 6.30. The molecule has 3 aromatic rings. The molecule has 0 saturated carbocycles. The summed E-state index contributed by atoms with van der Waals surface area (Å²) in [6.45, 7) is 1.49. The van der Waals surface area contributed by atoms with Gasteiger partial charge in [-0.1, -0.05) is 48.0 Å². The first-order valence-electron chi connectivity index (χ1n) is 10.7. The van der Waals surface area contributed by atoms with E-state index in [-0.39, 0.29) is 6.42 Å². The van der Waals surface area contributed by atoms with E-state index < -0.39 is 17.2 Å². The fraction of sp³-hybridized carbons (Fsp3) is 0.269. The molecule has 0 unspecified atom stereocenters. The molecule has 32 heavy (non-hydrogen) atoms. The maximum Gasteiger partial charge on any atom is 0.233 e. The van der Waals surface area contributed by atoms with Crippen LogP contribution in [-0.4, -0.2) is 16.8 Å². The van der Waals surface area contributed by atoms with E-state index in [4.69, 9.17) is 28.1 Å². The number of primary amides is 2. The standard InChI is InChI=1S/C26H26ClN3O2/c1-26(24(28)31,25(29)32)15-17-10-8-16(9-11-17)12-19-14-23(18-4-2-5-20(27)13-18)30-22-7-3-6-21(19)22/h2,4-5,8-11,13-14H,3,6-7,12,15H2,1H3,(H2,28,31)(H2,29,32). The highest BCUT2D eigenvalue weighted by Crippen LogP contribution is 2.31. The van der Waals surface area contributed by atoms with Crippen molar-refractivity contribution in [1.29, 1.82) is 0 Å². The van der Waals surface area contributed by atoms with Crippen LogP contribution >= 0.6 is 11.6 Å². The maximum atomic E-state index is 11.8. The Morgan fingerprint density at radius 3 is 2.34 bits per heavy atom. The van der Waals surface area contributed by atoms with Gasteiger partial charge in [0.15, 0.2) is 0 Å². The van der Waals surface area contributed by atoms with Gasteiger partial charge < -0.3 is 11.5 Å². The number of nitrogens with zero attached hydrogens (tertiary/aromatic N) is 1. The van der Waals surface area contributed by atoms with E-state index in [0.717, 1.165) is 48.1 Å². The summed E-state index contributed by atoms with van der Waals surface area (Å²) in [5.41, 5.74) is 17.2. The zero-order chi connectivity index (χ0) is 22.9. The second-order valence-corrected chi connectivity index (χ2v) is 9.12. The molecule has 0 spiro atoms. The summed E-state index contributed by atoms with van der Waals surface area (Å²) >= 11 is 6.20. The number of aromatic nitrogens is 1. The second-order valence-electron chi connectivity index (χ2n) is 8.69.